The monoisotopic (exact) mass is 237 g/mol. The van der Waals surface area contributed by atoms with Gasteiger partial charge in [-0.05, 0) is 28.0 Å². The minimum absolute atomic E-state index is 0.649. The standard InChI is InChI=1S/C16H10Cl/c17-14-8-3-7-13(11-14)16-10-4-6-12-5-1-2-9-15(12)16/h1-7,9-11H. The molecule has 3 rings (SSSR count). The first kappa shape index (κ1) is 10.4. The lowest BCUT2D eigenvalue weighted by Gasteiger charge is -2.06. The van der Waals surface area contributed by atoms with Crippen LogP contribution in [0.25, 0.3) is 21.9 Å². The summed E-state index contributed by atoms with van der Waals surface area (Å²) in [6.07, 6.45) is 0. The van der Waals surface area contributed by atoms with Crippen molar-refractivity contribution in [3.05, 3.63) is 71.8 Å². The van der Waals surface area contributed by atoms with Crippen LogP contribution in [0.15, 0.2) is 60.7 Å². The van der Waals surface area contributed by atoms with Gasteiger partial charge in [0, 0.05) is 11.1 Å². The third-order valence-corrected chi connectivity index (χ3v) is 3.09. The van der Waals surface area contributed by atoms with Gasteiger partial charge in [0.25, 0.3) is 0 Å². The molecule has 3 aromatic rings. The summed E-state index contributed by atoms with van der Waals surface area (Å²) in [6.45, 7) is 0. The molecule has 3 aromatic carbocycles. The molecule has 81 valence electrons. The van der Waals surface area contributed by atoms with E-state index >= 15 is 0 Å². The van der Waals surface area contributed by atoms with Crippen LogP contribution in [0.1, 0.15) is 0 Å². The predicted octanol–water partition coefficient (Wildman–Crippen LogP) is 4.96. The van der Waals surface area contributed by atoms with Gasteiger partial charge in [0.05, 0.1) is 0 Å². The fourth-order valence-corrected chi connectivity index (χ4v) is 2.26. The second kappa shape index (κ2) is 4.23. The summed E-state index contributed by atoms with van der Waals surface area (Å²) in [7, 11) is 0. The van der Waals surface area contributed by atoms with Crippen LogP contribution >= 0.6 is 11.6 Å². The van der Waals surface area contributed by atoms with Crippen molar-refractivity contribution < 1.29 is 0 Å². The first-order chi connectivity index (χ1) is 8.34. The smallest absolute Gasteiger partial charge is 0.0491 e. The van der Waals surface area contributed by atoms with Crippen LogP contribution in [0.2, 0.25) is 5.02 Å². The molecule has 1 heteroatoms. The predicted molar refractivity (Wildman–Crippen MR) is 73.2 cm³/mol. The van der Waals surface area contributed by atoms with Crippen LogP contribution in [-0.2, 0) is 0 Å². The molecule has 0 spiro atoms. The molecule has 0 aromatic heterocycles. The van der Waals surface area contributed by atoms with E-state index in [4.69, 9.17) is 11.6 Å². The van der Waals surface area contributed by atoms with E-state index < -0.39 is 0 Å². The Morgan fingerprint density at radius 3 is 2.59 bits per heavy atom. The topological polar surface area (TPSA) is 0 Å². The Morgan fingerprint density at radius 1 is 0.882 bits per heavy atom. The Morgan fingerprint density at radius 2 is 1.71 bits per heavy atom. The third kappa shape index (κ3) is 1.92. The molecule has 17 heavy (non-hydrogen) atoms. The Bertz CT molecular complexity index is 666. The molecule has 0 fully saturated rings. The summed E-state index contributed by atoms with van der Waals surface area (Å²) < 4.78 is 0. The number of benzene rings is 3. The molecule has 0 nitrogen and oxygen atoms in total. The Labute approximate surface area is 105 Å². The summed E-state index contributed by atoms with van der Waals surface area (Å²) in [5.74, 6) is 0. The van der Waals surface area contributed by atoms with E-state index in [1.807, 2.05) is 18.2 Å². The van der Waals surface area contributed by atoms with Gasteiger partial charge >= 0.3 is 0 Å². The highest BCUT2D eigenvalue weighted by Gasteiger charge is 2.03. The molecule has 0 aliphatic heterocycles. The van der Waals surface area contributed by atoms with Crippen molar-refractivity contribution in [1.82, 2.24) is 0 Å². The van der Waals surface area contributed by atoms with E-state index in [1.165, 1.54) is 16.3 Å². The van der Waals surface area contributed by atoms with Gasteiger partial charge in [-0.1, -0.05) is 66.2 Å². The summed E-state index contributed by atoms with van der Waals surface area (Å²) in [5, 5.41) is 3.14. The molecule has 0 bridgehead atoms. The van der Waals surface area contributed by atoms with Crippen molar-refractivity contribution in [3.63, 3.8) is 0 Å². The van der Waals surface area contributed by atoms with E-state index in [0.717, 1.165) is 5.56 Å². The van der Waals surface area contributed by atoms with Gasteiger partial charge in [0.1, 0.15) is 0 Å². The largest absolute Gasteiger partial charge is 0.0836 e. The van der Waals surface area contributed by atoms with Crippen LogP contribution < -0.4 is 0 Å². The number of fused-ring (bicyclic) bond motifs is 1. The molecule has 0 unspecified atom stereocenters. The van der Waals surface area contributed by atoms with E-state index in [0.29, 0.717) is 5.02 Å². The van der Waals surface area contributed by atoms with Crippen LogP contribution in [0.4, 0.5) is 0 Å². The lowest BCUT2D eigenvalue weighted by molar-refractivity contribution is 1.64. The van der Waals surface area contributed by atoms with Gasteiger partial charge in [-0.25, -0.2) is 0 Å². The third-order valence-electron chi connectivity index (χ3n) is 2.87. The highest BCUT2D eigenvalue weighted by Crippen LogP contribution is 2.29. The average molecular weight is 238 g/mol. The molecule has 1 radical (unpaired) electrons. The van der Waals surface area contributed by atoms with Crippen molar-refractivity contribution >= 4 is 22.4 Å². The maximum absolute atomic E-state index is 5.99. The fourth-order valence-electron chi connectivity index (χ4n) is 2.08. The second-order valence-electron chi connectivity index (χ2n) is 3.95. The summed E-state index contributed by atoms with van der Waals surface area (Å²) in [5.41, 5.74) is 2.34. The maximum atomic E-state index is 5.99. The van der Waals surface area contributed by atoms with Crippen molar-refractivity contribution in [2.24, 2.45) is 0 Å². The molecule has 0 aliphatic carbocycles. The van der Waals surface area contributed by atoms with E-state index in [2.05, 4.69) is 48.5 Å². The number of hydrogen-bond donors (Lipinski definition) is 0. The quantitative estimate of drug-likeness (QED) is 0.561. The highest BCUT2D eigenvalue weighted by molar-refractivity contribution is 6.30. The summed E-state index contributed by atoms with van der Waals surface area (Å²) >= 11 is 5.99. The van der Waals surface area contributed by atoms with Crippen molar-refractivity contribution in [2.45, 2.75) is 0 Å². The zero-order valence-corrected chi connectivity index (χ0v) is 9.91. The summed E-state index contributed by atoms with van der Waals surface area (Å²) in [6, 6.07) is 23.5. The minimum Gasteiger partial charge on any atom is -0.0836 e. The molecular formula is C16H10Cl. The van der Waals surface area contributed by atoms with Gasteiger partial charge in [0.15, 0.2) is 0 Å². The first-order valence-corrected chi connectivity index (χ1v) is 5.88. The minimum atomic E-state index is 0.649. The van der Waals surface area contributed by atoms with Gasteiger partial charge in [-0.2, -0.15) is 0 Å². The fraction of sp³-hybridized carbons (Fsp3) is 0. The van der Waals surface area contributed by atoms with Crippen LogP contribution in [0, 0.1) is 6.07 Å². The SMILES string of the molecule is Clc1[c]ccc(-c2cccc3ccccc23)c1. The van der Waals surface area contributed by atoms with E-state index in [1.54, 1.807) is 0 Å². The van der Waals surface area contributed by atoms with Crippen LogP contribution in [-0.4, -0.2) is 0 Å². The molecule has 0 N–H and O–H groups in total. The molecule has 0 amide bonds. The van der Waals surface area contributed by atoms with Crippen molar-refractivity contribution in [1.29, 1.82) is 0 Å². The number of hydrogen-bond acceptors (Lipinski definition) is 0. The zero-order chi connectivity index (χ0) is 11.7. The number of rotatable bonds is 1. The second-order valence-corrected chi connectivity index (χ2v) is 4.36. The number of halogens is 1. The molecule has 0 aliphatic rings. The van der Waals surface area contributed by atoms with Crippen LogP contribution in [0.3, 0.4) is 0 Å². The Kier molecular flexibility index (Phi) is 2.58. The Hall–Kier alpha value is -1.79. The highest BCUT2D eigenvalue weighted by atomic mass is 35.5. The molecule has 0 atom stereocenters. The van der Waals surface area contributed by atoms with Crippen molar-refractivity contribution in [2.75, 3.05) is 0 Å². The lowest BCUT2D eigenvalue weighted by atomic mass is 9.98. The van der Waals surface area contributed by atoms with Crippen LogP contribution in [0.5, 0.6) is 0 Å². The summed E-state index contributed by atoms with van der Waals surface area (Å²) in [4.78, 5) is 0. The molecule has 0 saturated carbocycles. The van der Waals surface area contributed by atoms with Gasteiger partial charge < -0.3 is 0 Å². The average Bonchev–Trinajstić information content (AvgIpc) is 2.38. The normalized spacial score (nSPS) is 10.6. The van der Waals surface area contributed by atoms with Crippen molar-refractivity contribution in [3.8, 4) is 11.1 Å². The van der Waals surface area contributed by atoms with Gasteiger partial charge in [0.2, 0.25) is 0 Å². The Balaban J connectivity index is 2.30. The molecule has 0 heterocycles. The van der Waals surface area contributed by atoms with E-state index in [9.17, 15) is 0 Å². The first-order valence-electron chi connectivity index (χ1n) is 5.50. The zero-order valence-electron chi connectivity index (χ0n) is 9.15. The van der Waals surface area contributed by atoms with E-state index in [-0.39, 0.29) is 0 Å². The van der Waals surface area contributed by atoms with Gasteiger partial charge in [-0.15, -0.1) is 0 Å². The maximum Gasteiger partial charge on any atom is 0.0491 e. The lowest BCUT2D eigenvalue weighted by Crippen LogP contribution is -1.81. The molecular weight excluding hydrogens is 228 g/mol. The molecule has 0 saturated heterocycles. The van der Waals surface area contributed by atoms with Gasteiger partial charge in [-0.3, -0.25) is 0 Å².